The third-order valence-electron chi connectivity index (χ3n) is 6.04. The number of nitrogens with zero attached hydrogens (tertiary/aromatic N) is 2. The van der Waals surface area contributed by atoms with Crippen molar-refractivity contribution in [2.45, 2.75) is 66.0 Å². The minimum Gasteiger partial charge on any atom is -0.354 e. The Bertz CT molecular complexity index is 1100. The Kier molecular flexibility index (Phi) is 10.8. The third-order valence-corrected chi connectivity index (χ3v) is 7.23. The summed E-state index contributed by atoms with van der Waals surface area (Å²) in [5.41, 5.74) is 3.57. The van der Waals surface area contributed by atoms with Gasteiger partial charge in [-0.2, -0.15) is 0 Å². The second-order valence-corrected chi connectivity index (χ2v) is 11.0. The maximum atomic E-state index is 13.3. The van der Waals surface area contributed by atoms with Crippen LogP contribution in [0.2, 0.25) is 0 Å². The summed E-state index contributed by atoms with van der Waals surface area (Å²) >= 11 is 0. The average molecular weight is 502 g/mol. The summed E-state index contributed by atoms with van der Waals surface area (Å²) in [4.78, 5) is 27.7. The maximum Gasteiger partial charge on any atom is 0.242 e. The van der Waals surface area contributed by atoms with Crippen LogP contribution in [-0.2, 0) is 26.2 Å². The fourth-order valence-corrected chi connectivity index (χ4v) is 4.83. The van der Waals surface area contributed by atoms with Crippen LogP contribution in [0, 0.1) is 13.8 Å². The number of unbranched alkanes of at least 4 members (excludes halogenated alkanes) is 1. The molecule has 192 valence electrons. The number of benzene rings is 2. The van der Waals surface area contributed by atoms with Crippen LogP contribution < -0.4 is 9.62 Å². The van der Waals surface area contributed by atoms with E-state index in [-0.39, 0.29) is 24.8 Å². The van der Waals surface area contributed by atoms with Crippen molar-refractivity contribution in [3.63, 3.8) is 0 Å². The van der Waals surface area contributed by atoms with Gasteiger partial charge in [0.05, 0.1) is 11.9 Å². The van der Waals surface area contributed by atoms with Crippen LogP contribution in [0.4, 0.5) is 5.69 Å². The van der Waals surface area contributed by atoms with Crippen LogP contribution >= 0.6 is 0 Å². The number of carbonyl (C=O) groups is 2. The van der Waals surface area contributed by atoms with Gasteiger partial charge in [-0.3, -0.25) is 13.9 Å². The number of sulfonamides is 1. The van der Waals surface area contributed by atoms with Crippen LogP contribution in [-0.4, -0.2) is 50.5 Å². The highest BCUT2D eigenvalue weighted by Crippen LogP contribution is 2.20. The second kappa shape index (κ2) is 13.3. The molecule has 0 unspecified atom stereocenters. The van der Waals surface area contributed by atoms with Crippen LogP contribution in [0.5, 0.6) is 0 Å². The normalized spacial score (nSPS) is 12.1. The van der Waals surface area contributed by atoms with E-state index in [1.807, 2.05) is 56.3 Å². The molecule has 0 bridgehead atoms. The zero-order chi connectivity index (χ0) is 26.0. The summed E-state index contributed by atoms with van der Waals surface area (Å²) in [6.45, 7) is 8.77. The summed E-state index contributed by atoms with van der Waals surface area (Å²) in [6, 6.07) is 14.5. The Hall–Kier alpha value is -2.87. The van der Waals surface area contributed by atoms with Gasteiger partial charge in [-0.1, -0.05) is 49.7 Å². The lowest BCUT2D eigenvalue weighted by atomic mass is 10.1. The number of hydrogen-bond acceptors (Lipinski definition) is 4. The predicted octanol–water partition coefficient (Wildman–Crippen LogP) is 4.18. The lowest BCUT2D eigenvalue weighted by molar-refractivity contribution is -0.140. The molecule has 0 spiro atoms. The van der Waals surface area contributed by atoms with Crippen LogP contribution in [0.3, 0.4) is 0 Å². The van der Waals surface area contributed by atoms with E-state index in [0.29, 0.717) is 25.2 Å². The Labute approximate surface area is 210 Å². The van der Waals surface area contributed by atoms with Crippen molar-refractivity contribution in [1.29, 1.82) is 0 Å². The lowest BCUT2D eigenvalue weighted by Gasteiger charge is -2.30. The smallest absolute Gasteiger partial charge is 0.242 e. The Balaban J connectivity index is 2.15. The molecule has 1 atom stereocenters. The van der Waals surface area contributed by atoms with Crippen molar-refractivity contribution in [2.75, 3.05) is 23.7 Å². The number of carbonyl (C=O) groups excluding carboxylic acids is 2. The van der Waals surface area contributed by atoms with Gasteiger partial charge in [-0.05, 0) is 62.4 Å². The van der Waals surface area contributed by atoms with Crippen molar-refractivity contribution in [2.24, 2.45) is 0 Å². The van der Waals surface area contributed by atoms with Crippen molar-refractivity contribution in [3.05, 3.63) is 65.2 Å². The zero-order valence-electron chi connectivity index (χ0n) is 21.6. The predicted molar refractivity (Wildman–Crippen MR) is 142 cm³/mol. The summed E-state index contributed by atoms with van der Waals surface area (Å²) in [6.07, 6.45) is 3.50. The average Bonchev–Trinajstić information content (AvgIpc) is 2.80. The highest BCUT2D eigenvalue weighted by atomic mass is 32.2. The van der Waals surface area contributed by atoms with Crippen molar-refractivity contribution >= 4 is 27.5 Å². The van der Waals surface area contributed by atoms with Gasteiger partial charge in [0.25, 0.3) is 0 Å². The van der Waals surface area contributed by atoms with Gasteiger partial charge >= 0.3 is 0 Å². The monoisotopic (exact) mass is 501 g/mol. The molecular formula is C27H39N3O4S. The number of amides is 2. The molecule has 7 nitrogen and oxygen atoms in total. The van der Waals surface area contributed by atoms with Gasteiger partial charge in [-0.15, -0.1) is 0 Å². The zero-order valence-corrected chi connectivity index (χ0v) is 22.4. The van der Waals surface area contributed by atoms with Gasteiger partial charge < -0.3 is 10.2 Å². The SMILES string of the molecule is CCCCNC(=O)[C@@H](C)N(Cc1ccccc1C)C(=O)CCCN(c1cccc(C)c1)S(C)(=O)=O. The van der Waals surface area contributed by atoms with E-state index in [9.17, 15) is 18.0 Å². The molecule has 0 fully saturated rings. The first kappa shape index (κ1) is 28.4. The maximum absolute atomic E-state index is 13.3. The van der Waals surface area contributed by atoms with Gasteiger partial charge in [0.1, 0.15) is 6.04 Å². The first-order valence-electron chi connectivity index (χ1n) is 12.2. The molecule has 2 rings (SSSR count). The van der Waals surface area contributed by atoms with E-state index >= 15 is 0 Å². The third kappa shape index (κ3) is 8.69. The fourth-order valence-electron chi connectivity index (χ4n) is 3.88. The van der Waals surface area contributed by atoms with Gasteiger partial charge in [0, 0.05) is 26.1 Å². The summed E-state index contributed by atoms with van der Waals surface area (Å²) in [5, 5.41) is 2.92. The van der Waals surface area contributed by atoms with Crippen molar-refractivity contribution in [3.8, 4) is 0 Å². The molecule has 0 aromatic heterocycles. The van der Waals surface area contributed by atoms with Gasteiger partial charge in [-0.25, -0.2) is 8.42 Å². The second-order valence-electron chi connectivity index (χ2n) is 9.05. The molecule has 2 amide bonds. The molecular weight excluding hydrogens is 462 g/mol. The number of nitrogens with one attached hydrogen (secondary N) is 1. The van der Waals surface area contributed by atoms with E-state index in [0.717, 1.165) is 29.5 Å². The Morgan fingerprint density at radius 1 is 1.03 bits per heavy atom. The molecule has 0 aliphatic rings. The van der Waals surface area contributed by atoms with Crippen molar-refractivity contribution < 1.29 is 18.0 Å². The highest BCUT2D eigenvalue weighted by Gasteiger charge is 2.26. The molecule has 2 aromatic rings. The van der Waals surface area contributed by atoms with Crippen LogP contribution in [0.15, 0.2) is 48.5 Å². The summed E-state index contributed by atoms with van der Waals surface area (Å²) in [7, 11) is -3.51. The highest BCUT2D eigenvalue weighted by molar-refractivity contribution is 7.92. The summed E-state index contributed by atoms with van der Waals surface area (Å²) < 4.78 is 26.2. The number of anilines is 1. The standard InChI is InChI=1S/C27H39N3O4S/c1-6-7-17-28-27(32)23(4)29(20-24-14-9-8-13-22(24)3)26(31)16-11-18-30(35(5,33)34)25-15-10-12-21(2)19-25/h8-10,12-15,19,23H,6-7,11,16-18,20H2,1-5H3,(H,28,32)/t23-/m1/s1. The van der Waals surface area contributed by atoms with Gasteiger partial charge in [0.15, 0.2) is 0 Å². The molecule has 0 saturated heterocycles. The van der Waals surface area contributed by atoms with Crippen molar-refractivity contribution in [1.82, 2.24) is 10.2 Å². The fraction of sp³-hybridized carbons (Fsp3) is 0.481. The minimum atomic E-state index is -3.51. The molecule has 0 saturated carbocycles. The van der Waals surface area contributed by atoms with E-state index in [4.69, 9.17) is 0 Å². The van der Waals surface area contributed by atoms with Gasteiger partial charge in [0.2, 0.25) is 21.8 Å². The van der Waals surface area contributed by atoms with E-state index in [1.165, 1.54) is 10.6 Å². The number of hydrogen-bond donors (Lipinski definition) is 1. The van der Waals surface area contributed by atoms with E-state index in [2.05, 4.69) is 12.2 Å². The largest absolute Gasteiger partial charge is 0.354 e. The van der Waals surface area contributed by atoms with Crippen LogP contribution in [0.25, 0.3) is 0 Å². The molecule has 0 aliphatic heterocycles. The quantitative estimate of drug-likeness (QED) is 0.417. The summed E-state index contributed by atoms with van der Waals surface area (Å²) in [5.74, 6) is -0.359. The molecule has 0 heterocycles. The number of aryl methyl sites for hydroxylation is 2. The molecule has 0 aliphatic carbocycles. The number of rotatable bonds is 13. The lowest BCUT2D eigenvalue weighted by Crippen LogP contribution is -2.48. The Morgan fingerprint density at radius 3 is 2.37 bits per heavy atom. The Morgan fingerprint density at radius 2 is 1.74 bits per heavy atom. The topological polar surface area (TPSA) is 86.8 Å². The molecule has 8 heteroatoms. The molecule has 0 radical (unpaired) electrons. The van der Waals surface area contributed by atoms with E-state index < -0.39 is 16.1 Å². The first-order chi connectivity index (χ1) is 16.5. The minimum absolute atomic E-state index is 0.135. The van der Waals surface area contributed by atoms with E-state index in [1.54, 1.807) is 17.9 Å². The van der Waals surface area contributed by atoms with Crippen LogP contribution in [0.1, 0.15) is 56.2 Å². The molecule has 2 aromatic carbocycles. The molecule has 1 N–H and O–H groups in total. The first-order valence-corrected chi connectivity index (χ1v) is 14.1. The molecule has 35 heavy (non-hydrogen) atoms.